The SMILES string of the molecule is CCOc1ccc2nc(SCc3ccc4c(c3)OCO4)sc2c1. The van der Waals surface area contributed by atoms with E-state index in [9.17, 15) is 0 Å². The third-order valence-electron chi connectivity index (χ3n) is 3.45. The van der Waals surface area contributed by atoms with Crippen molar-refractivity contribution >= 4 is 33.3 Å². The van der Waals surface area contributed by atoms with Crippen molar-refractivity contribution < 1.29 is 14.2 Å². The molecular weight excluding hydrogens is 330 g/mol. The van der Waals surface area contributed by atoms with Gasteiger partial charge in [-0.15, -0.1) is 11.3 Å². The smallest absolute Gasteiger partial charge is 0.231 e. The number of rotatable bonds is 5. The van der Waals surface area contributed by atoms with Crippen LogP contribution in [0.3, 0.4) is 0 Å². The molecule has 0 N–H and O–H groups in total. The van der Waals surface area contributed by atoms with Crippen molar-refractivity contribution in [2.24, 2.45) is 0 Å². The highest BCUT2D eigenvalue weighted by Crippen LogP contribution is 2.36. The number of fused-ring (bicyclic) bond motifs is 2. The van der Waals surface area contributed by atoms with E-state index >= 15 is 0 Å². The lowest BCUT2D eigenvalue weighted by atomic mass is 10.2. The fourth-order valence-electron chi connectivity index (χ4n) is 2.38. The molecule has 3 aromatic rings. The van der Waals surface area contributed by atoms with Crippen LogP contribution in [-0.2, 0) is 5.75 Å². The zero-order valence-electron chi connectivity index (χ0n) is 12.6. The average Bonchev–Trinajstić information content (AvgIpc) is 3.18. The maximum Gasteiger partial charge on any atom is 0.231 e. The summed E-state index contributed by atoms with van der Waals surface area (Å²) in [6.07, 6.45) is 0. The lowest BCUT2D eigenvalue weighted by Crippen LogP contribution is -1.92. The molecule has 2 heterocycles. The van der Waals surface area contributed by atoms with E-state index in [1.165, 1.54) is 5.56 Å². The molecule has 118 valence electrons. The van der Waals surface area contributed by atoms with Crippen molar-refractivity contribution in [2.75, 3.05) is 13.4 Å². The van der Waals surface area contributed by atoms with Crippen LogP contribution in [0.5, 0.6) is 17.2 Å². The minimum Gasteiger partial charge on any atom is -0.494 e. The fourth-order valence-corrected chi connectivity index (χ4v) is 4.42. The third-order valence-corrected chi connectivity index (χ3v) is 5.68. The topological polar surface area (TPSA) is 40.6 Å². The normalized spacial score (nSPS) is 12.7. The number of benzene rings is 2. The molecule has 0 aliphatic carbocycles. The van der Waals surface area contributed by atoms with E-state index in [2.05, 4.69) is 17.1 Å². The molecule has 1 aromatic heterocycles. The van der Waals surface area contributed by atoms with Crippen LogP contribution in [0.25, 0.3) is 10.2 Å². The van der Waals surface area contributed by atoms with Crippen molar-refractivity contribution in [3.8, 4) is 17.2 Å². The van der Waals surface area contributed by atoms with Gasteiger partial charge in [0.15, 0.2) is 15.8 Å². The number of thiazole rings is 1. The first kappa shape index (κ1) is 14.7. The summed E-state index contributed by atoms with van der Waals surface area (Å²) in [6.45, 7) is 2.98. The Morgan fingerprint density at radius 3 is 3.00 bits per heavy atom. The van der Waals surface area contributed by atoms with Gasteiger partial charge in [-0.25, -0.2) is 4.98 Å². The zero-order chi connectivity index (χ0) is 15.6. The molecule has 0 atom stereocenters. The second kappa shape index (κ2) is 6.29. The summed E-state index contributed by atoms with van der Waals surface area (Å²) in [4.78, 5) is 4.67. The summed E-state index contributed by atoms with van der Waals surface area (Å²) in [5, 5.41) is 0. The van der Waals surface area contributed by atoms with E-state index in [0.717, 1.165) is 37.6 Å². The van der Waals surface area contributed by atoms with Crippen LogP contribution in [0.4, 0.5) is 0 Å². The molecule has 0 spiro atoms. The predicted molar refractivity (Wildman–Crippen MR) is 92.9 cm³/mol. The van der Waals surface area contributed by atoms with Gasteiger partial charge in [-0.05, 0) is 42.8 Å². The number of hydrogen-bond acceptors (Lipinski definition) is 6. The first-order chi connectivity index (χ1) is 11.3. The minimum absolute atomic E-state index is 0.311. The van der Waals surface area contributed by atoms with Gasteiger partial charge in [0.2, 0.25) is 6.79 Å². The first-order valence-corrected chi connectivity index (χ1v) is 9.17. The standard InChI is InChI=1S/C17H15NO3S2/c1-2-19-12-4-5-13-16(8-12)23-17(18-13)22-9-11-3-6-14-15(7-11)21-10-20-14/h3-8H,2,9-10H2,1H3. The van der Waals surface area contributed by atoms with Crippen LogP contribution in [0, 0.1) is 0 Å². The monoisotopic (exact) mass is 345 g/mol. The Morgan fingerprint density at radius 1 is 1.17 bits per heavy atom. The predicted octanol–water partition coefficient (Wildman–Crippen LogP) is 4.72. The van der Waals surface area contributed by atoms with Crippen molar-refractivity contribution in [1.82, 2.24) is 4.98 Å². The van der Waals surface area contributed by atoms with Crippen molar-refractivity contribution in [3.63, 3.8) is 0 Å². The largest absolute Gasteiger partial charge is 0.494 e. The Balaban J connectivity index is 1.49. The molecular formula is C17H15NO3S2. The molecule has 0 bridgehead atoms. The summed E-state index contributed by atoms with van der Waals surface area (Å²) < 4.78 is 18.5. The molecule has 6 heteroatoms. The lowest BCUT2D eigenvalue weighted by Gasteiger charge is -2.01. The van der Waals surface area contributed by atoms with Crippen molar-refractivity contribution in [1.29, 1.82) is 0 Å². The maximum atomic E-state index is 5.54. The summed E-state index contributed by atoms with van der Waals surface area (Å²) in [6, 6.07) is 12.1. The number of nitrogens with zero attached hydrogens (tertiary/aromatic N) is 1. The number of ether oxygens (including phenoxy) is 3. The van der Waals surface area contributed by atoms with Gasteiger partial charge in [-0.2, -0.15) is 0 Å². The van der Waals surface area contributed by atoms with Gasteiger partial charge in [-0.3, -0.25) is 0 Å². The van der Waals surface area contributed by atoms with Gasteiger partial charge < -0.3 is 14.2 Å². The zero-order valence-corrected chi connectivity index (χ0v) is 14.2. The molecule has 0 saturated carbocycles. The summed E-state index contributed by atoms with van der Waals surface area (Å²) >= 11 is 3.43. The van der Waals surface area contributed by atoms with Gasteiger partial charge in [0.1, 0.15) is 5.75 Å². The Labute approximate surface area is 142 Å². The Kier molecular flexibility index (Phi) is 4.01. The van der Waals surface area contributed by atoms with Crippen LogP contribution in [0.15, 0.2) is 40.7 Å². The molecule has 2 aromatic carbocycles. The van der Waals surface area contributed by atoms with E-state index in [1.54, 1.807) is 23.1 Å². The Morgan fingerprint density at radius 2 is 2.09 bits per heavy atom. The average molecular weight is 345 g/mol. The molecule has 23 heavy (non-hydrogen) atoms. The summed E-state index contributed by atoms with van der Waals surface area (Å²) in [7, 11) is 0. The van der Waals surface area contributed by atoms with E-state index in [0.29, 0.717) is 13.4 Å². The molecule has 0 fully saturated rings. The van der Waals surface area contributed by atoms with Crippen LogP contribution in [0.1, 0.15) is 12.5 Å². The molecule has 0 radical (unpaired) electrons. The van der Waals surface area contributed by atoms with Gasteiger partial charge >= 0.3 is 0 Å². The van der Waals surface area contributed by atoms with E-state index < -0.39 is 0 Å². The lowest BCUT2D eigenvalue weighted by molar-refractivity contribution is 0.174. The van der Waals surface area contributed by atoms with Gasteiger partial charge in [-0.1, -0.05) is 17.8 Å². The highest BCUT2D eigenvalue weighted by molar-refractivity contribution is 8.00. The molecule has 1 aliphatic heterocycles. The molecule has 1 aliphatic rings. The quantitative estimate of drug-likeness (QED) is 0.626. The summed E-state index contributed by atoms with van der Waals surface area (Å²) in [5.41, 5.74) is 2.22. The van der Waals surface area contributed by atoms with Crippen LogP contribution in [-0.4, -0.2) is 18.4 Å². The van der Waals surface area contributed by atoms with E-state index in [1.807, 2.05) is 31.2 Å². The number of hydrogen-bond donors (Lipinski definition) is 0. The number of aromatic nitrogens is 1. The molecule has 0 amide bonds. The second-order valence-electron chi connectivity index (χ2n) is 5.02. The molecule has 4 rings (SSSR count). The highest BCUT2D eigenvalue weighted by atomic mass is 32.2. The van der Waals surface area contributed by atoms with Crippen molar-refractivity contribution in [2.45, 2.75) is 17.0 Å². The van der Waals surface area contributed by atoms with E-state index in [-0.39, 0.29) is 0 Å². The number of thioether (sulfide) groups is 1. The van der Waals surface area contributed by atoms with Crippen LogP contribution in [0.2, 0.25) is 0 Å². The second-order valence-corrected chi connectivity index (χ2v) is 7.27. The molecule has 0 unspecified atom stereocenters. The Bertz CT molecular complexity index is 847. The van der Waals surface area contributed by atoms with Gasteiger partial charge in [0, 0.05) is 5.75 Å². The third kappa shape index (κ3) is 3.09. The van der Waals surface area contributed by atoms with Crippen LogP contribution >= 0.6 is 23.1 Å². The van der Waals surface area contributed by atoms with Gasteiger partial charge in [0.05, 0.1) is 16.8 Å². The molecule has 0 saturated heterocycles. The summed E-state index contributed by atoms with van der Waals surface area (Å²) in [5.74, 6) is 3.40. The fraction of sp³-hybridized carbons (Fsp3) is 0.235. The maximum absolute atomic E-state index is 5.54. The van der Waals surface area contributed by atoms with Gasteiger partial charge in [0.25, 0.3) is 0 Å². The molecule has 4 nitrogen and oxygen atoms in total. The van der Waals surface area contributed by atoms with Crippen molar-refractivity contribution in [3.05, 3.63) is 42.0 Å². The van der Waals surface area contributed by atoms with E-state index in [4.69, 9.17) is 14.2 Å². The highest BCUT2D eigenvalue weighted by Gasteiger charge is 2.13. The van der Waals surface area contributed by atoms with Crippen LogP contribution < -0.4 is 14.2 Å². The minimum atomic E-state index is 0.311. The Hall–Kier alpha value is -1.92. The first-order valence-electron chi connectivity index (χ1n) is 7.36.